The number of rotatable bonds is 4. The Kier molecular flexibility index (Phi) is 3.09. The third-order valence-corrected chi connectivity index (χ3v) is 2.71. The molecule has 3 nitrogen and oxygen atoms in total. The molecule has 74 valence electrons. The van der Waals surface area contributed by atoms with Crippen LogP contribution in [0, 0.1) is 5.41 Å². The van der Waals surface area contributed by atoms with E-state index < -0.39 is 5.41 Å². The fourth-order valence-electron chi connectivity index (χ4n) is 1.27. The zero-order chi connectivity index (χ0) is 9.90. The maximum Gasteiger partial charge on any atom is 0.204 e. The first-order valence-electron chi connectivity index (χ1n) is 4.72. The van der Waals surface area contributed by atoms with Crippen molar-refractivity contribution < 1.29 is 9.53 Å². The Morgan fingerprint density at radius 1 is 1.77 bits per heavy atom. The van der Waals surface area contributed by atoms with E-state index in [1.54, 1.807) is 0 Å². The molecule has 1 aliphatic rings. The summed E-state index contributed by atoms with van der Waals surface area (Å²) in [6.45, 7) is 4.87. The molecular formula is C10H17NO2. The van der Waals surface area contributed by atoms with Gasteiger partial charge in [0, 0.05) is 18.4 Å². The summed E-state index contributed by atoms with van der Waals surface area (Å²) < 4.78 is 5.22. The number of hydrogen-bond acceptors (Lipinski definition) is 3. The molecule has 1 rings (SSSR count). The zero-order valence-corrected chi connectivity index (χ0v) is 8.30. The topological polar surface area (TPSA) is 52.3 Å². The van der Waals surface area contributed by atoms with Gasteiger partial charge in [0.15, 0.2) is 5.76 Å². The summed E-state index contributed by atoms with van der Waals surface area (Å²) in [6.07, 6.45) is 3.44. The SMILES string of the molecule is CCC(C)(CN)C(=O)C1=CCCO1. The zero-order valence-electron chi connectivity index (χ0n) is 8.30. The summed E-state index contributed by atoms with van der Waals surface area (Å²) in [7, 11) is 0. The standard InChI is InChI=1S/C10H17NO2/c1-3-10(2,7-11)9(12)8-5-4-6-13-8/h5H,3-4,6-7,11H2,1-2H3. The lowest BCUT2D eigenvalue weighted by molar-refractivity contribution is -0.126. The van der Waals surface area contributed by atoms with E-state index in [0.29, 0.717) is 18.9 Å². The Balaban J connectivity index is 2.75. The van der Waals surface area contributed by atoms with Gasteiger partial charge in [-0.05, 0) is 12.5 Å². The lowest BCUT2D eigenvalue weighted by Crippen LogP contribution is -2.36. The summed E-state index contributed by atoms with van der Waals surface area (Å²) in [4.78, 5) is 11.9. The van der Waals surface area contributed by atoms with Crippen LogP contribution in [-0.4, -0.2) is 18.9 Å². The number of nitrogens with two attached hydrogens (primary N) is 1. The van der Waals surface area contributed by atoms with E-state index in [-0.39, 0.29) is 5.78 Å². The minimum Gasteiger partial charge on any atom is -0.490 e. The van der Waals surface area contributed by atoms with E-state index in [9.17, 15) is 4.79 Å². The highest BCUT2D eigenvalue weighted by Gasteiger charge is 2.33. The van der Waals surface area contributed by atoms with Gasteiger partial charge < -0.3 is 10.5 Å². The van der Waals surface area contributed by atoms with Gasteiger partial charge in [-0.15, -0.1) is 0 Å². The van der Waals surface area contributed by atoms with Crippen molar-refractivity contribution in [2.75, 3.05) is 13.2 Å². The highest BCUT2D eigenvalue weighted by Crippen LogP contribution is 2.27. The summed E-state index contributed by atoms with van der Waals surface area (Å²) in [5.41, 5.74) is 5.13. The largest absolute Gasteiger partial charge is 0.490 e. The molecule has 0 aromatic carbocycles. The van der Waals surface area contributed by atoms with Crippen molar-refractivity contribution in [2.45, 2.75) is 26.7 Å². The minimum absolute atomic E-state index is 0.0509. The van der Waals surface area contributed by atoms with E-state index in [0.717, 1.165) is 12.8 Å². The van der Waals surface area contributed by atoms with Crippen LogP contribution < -0.4 is 5.73 Å². The van der Waals surface area contributed by atoms with Gasteiger partial charge in [-0.1, -0.05) is 13.8 Å². The van der Waals surface area contributed by atoms with Crippen molar-refractivity contribution in [3.8, 4) is 0 Å². The molecule has 0 bridgehead atoms. The normalized spacial score (nSPS) is 20.4. The van der Waals surface area contributed by atoms with Gasteiger partial charge in [0.1, 0.15) is 0 Å². The van der Waals surface area contributed by atoms with Crippen molar-refractivity contribution in [3.05, 3.63) is 11.8 Å². The predicted molar refractivity (Wildman–Crippen MR) is 51.1 cm³/mol. The average Bonchev–Trinajstić information content (AvgIpc) is 2.68. The molecule has 1 unspecified atom stereocenters. The van der Waals surface area contributed by atoms with Gasteiger partial charge in [-0.25, -0.2) is 0 Å². The Morgan fingerprint density at radius 3 is 2.85 bits per heavy atom. The third-order valence-electron chi connectivity index (χ3n) is 2.71. The second kappa shape index (κ2) is 3.92. The van der Waals surface area contributed by atoms with Crippen molar-refractivity contribution in [2.24, 2.45) is 11.1 Å². The lowest BCUT2D eigenvalue weighted by atomic mass is 9.82. The van der Waals surface area contributed by atoms with Gasteiger partial charge in [-0.2, -0.15) is 0 Å². The Bertz CT molecular complexity index is 229. The molecule has 0 fully saturated rings. The van der Waals surface area contributed by atoms with Gasteiger partial charge >= 0.3 is 0 Å². The van der Waals surface area contributed by atoms with Crippen LogP contribution in [-0.2, 0) is 9.53 Å². The monoisotopic (exact) mass is 183 g/mol. The number of carbonyl (C=O) groups is 1. The fourth-order valence-corrected chi connectivity index (χ4v) is 1.27. The Morgan fingerprint density at radius 2 is 2.46 bits per heavy atom. The molecule has 0 aromatic heterocycles. The fraction of sp³-hybridized carbons (Fsp3) is 0.700. The molecule has 0 spiro atoms. The molecule has 13 heavy (non-hydrogen) atoms. The number of allylic oxidation sites excluding steroid dienone is 1. The molecule has 0 aliphatic carbocycles. The van der Waals surface area contributed by atoms with Gasteiger partial charge in [0.25, 0.3) is 0 Å². The summed E-state index contributed by atoms with van der Waals surface area (Å²) in [5, 5.41) is 0. The number of ketones is 1. The third kappa shape index (κ3) is 1.91. The molecule has 0 aromatic rings. The van der Waals surface area contributed by atoms with Gasteiger partial charge in [-0.3, -0.25) is 4.79 Å². The maximum atomic E-state index is 11.9. The first-order chi connectivity index (χ1) is 6.14. The molecule has 2 N–H and O–H groups in total. The van der Waals surface area contributed by atoms with E-state index in [4.69, 9.17) is 10.5 Å². The van der Waals surface area contributed by atoms with Crippen molar-refractivity contribution >= 4 is 5.78 Å². The van der Waals surface area contributed by atoms with E-state index >= 15 is 0 Å². The van der Waals surface area contributed by atoms with Crippen LogP contribution in [0.2, 0.25) is 0 Å². The summed E-state index contributed by atoms with van der Waals surface area (Å²) >= 11 is 0. The van der Waals surface area contributed by atoms with Crippen molar-refractivity contribution in [1.82, 2.24) is 0 Å². The van der Waals surface area contributed by atoms with E-state index in [2.05, 4.69) is 0 Å². The summed E-state index contributed by atoms with van der Waals surface area (Å²) in [5.74, 6) is 0.560. The van der Waals surface area contributed by atoms with Gasteiger partial charge in [0.2, 0.25) is 5.78 Å². The van der Waals surface area contributed by atoms with Crippen molar-refractivity contribution in [3.63, 3.8) is 0 Å². The van der Waals surface area contributed by atoms with Crippen LogP contribution in [0.3, 0.4) is 0 Å². The van der Waals surface area contributed by atoms with Crippen LogP contribution in [0.15, 0.2) is 11.8 Å². The second-order valence-electron chi connectivity index (χ2n) is 3.65. The van der Waals surface area contributed by atoms with Crippen LogP contribution >= 0.6 is 0 Å². The molecule has 0 amide bonds. The molecule has 0 radical (unpaired) electrons. The molecule has 1 atom stereocenters. The Labute approximate surface area is 78.9 Å². The predicted octanol–water partition coefficient (Wildman–Crippen LogP) is 1.23. The molecule has 3 heteroatoms. The number of carbonyl (C=O) groups excluding carboxylic acids is 1. The van der Waals surface area contributed by atoms with Crippen LogP contribution in [0.4, 0.5) is 0 Å². The molecular weight excluding hydrogens is 166 g/mol. The van der Waals surface area contributed by atoms with E-state index in [1.165, 1.54) is 0 Å². The van der Waals surface area contributed by atoms with Crippen LogP contribution in [0.1, 0.15) is 26.7 Å². The van der Waals surface area contributed by atoms with Crippen molar-refractivity contribution in [1.29, 1.82) is 0 Å². The molecule has 0 saturated heterocycles. The Hall–Kier alpha value is -0.830. The number of Topliss-reactive ketones (excluding diaryl/α,β-unsaturated/α-hetero) is 1. The highest BCUT2D eigenvalue weighted by molar-refractivity contribution is 5.98. The molecule has 0 saturated carbocycles. The molecule has 1 aliphatic heterocycles. The smallest absolute Gasteiger partial charge is 0.204 e. The first kappa shape index (κ1) is 10.3. The summed E-state index contributed by atoms with van der Waals surface area (Å²) in [6, 6.07) is 0. The maximum absolute atomic E-state index is 11.9. The number of hydrogen-bond donors (Lipinski definition) is 1. The second-order valence-corrected chi connectivity index (χ2v) is 3.65. The van der Waals surface area contributed by atoms with Crippen LogP contribution in [0.5, 0.6) is 0 Å². The number of ether oxygens (including phenoxy) is 1. The first-order valence-corrected chi connectivity index (χ1v) is 4.72. The average molecular weight is 183 g/mol. The van der Waals surface area contributed by atoms with Crippen LogP contribution in [0.25, 0.3) is 0 Å². The van der Waals surface area contributed by atoms with Gasteiger partial charge in [0.05, 0.1) is 6.61 Å². The quantitative estimate of drug-likeness (QED) is 0.713. The molecule has 1 heterocycles. The lowest BCUT2D eigenvalue weighted by Gasteiger charge is -2.24. The minimum atomic E-state index is -0.448. The van der Waals surface area contributed by atoms with E-state index in [1.807, 2.05) is 19.9 Å². The highest BCUT2D eigenvalue weighted by atomic mass is 16.5.